The van der Waals surface area contributed by atoms with Crippen molar-refractivity contribution in [3.05, 3.63) is 112 Å². The molecule has 5 aromatic rings. The van der Waals surface area contributed by atoms with Gasteiger partial charge in [0.2, 0.25) is 6.10 Å². The lowest BCUT2D eigenvalue weighted by Crippen LogP contribution is -2.41. The van der Waals surface area contributed by atoms with Crippen molar-refractivity contribution in [3.8, 4) is 5.69 Å². The van der Waals surface area contributed by atoms with Crippen molar-refractivity contribution in [1.82, 2.24) is 9.72 Å². The van der Waals surface area contributed by atoms with E-state index in [2.05, 4.69) is 15.8 Å². The normalized spacial score (nSPS) is 13.5. The van der Waals surface area contributed by atoms with Gasteiger partial charge < -0.3 is 29.5 Å². The molecular formula is C34H27N5O9. The number of hydrogen-bond donors (Lipinski definition) is 2. The Hall–Kier alpha value is -6.41. The van der Waals surface area contributed by atoms with Crippen molar-refractivity contribution in [2.75, 3.05) is 35.3 Å². The smallest absolute Gasteiger partial charge is 0.303 e. The van der Waals surface area contributed by atoms with Gasteiger partial charge in [0.1, 0.15) is 6.61 Å². The van der Waals surface area contributed by atoms with Crippen LogP contribution in [0.4, 0.5) is 17.2 Å². The van der Waals surface area contributed by atoms with Gasteiger partial charge in [0.25, 0.3) is 23.3 Å². The molecule has 1 atom stereocenters. The van der Waals surface area contributed by atoms with Crippen LogP contribution in [0.2, 0.25) is 0 Å². The van der Waals surface area contributed by atoms with Gasteiger partial charge >= 0.3 is 5.97 Å². The first-order chi connectivity index (χ1) is 23.2. The van der Waals surface area contributed by atoms with E-state index in [1.54, 1.807) is 47.4 Å². The molecule has 3 aromatic carbocycles. The van der Waals surface area contributed by atoms with Crippen molar-refractivity contribution in [3.63, 3.8) is 0 Å². The molecular weight excluding hydrogens is 622 g/mol. The van der Waals surface area contributed by atoms with E-state index >= 15 is 0 Å². The van der Waals surface area contributed by atoms with Crippen LogP contribution in [0.5, 0.6) is 0 Å². The zero-order valence-electron chi connectivity index (χ0n) is 25.4. The molecule has 14 nitrogen and oxygen atoms in total. The Kier molecular flexibility index (Phi) is 8.89. The van der Waals surface area contributed by atoms with Gasteiger partial charge in [-0.3, -0.25) is 33.3 Å². The van der Waals surface area contributed by atoms with Gasteiger partial charge in [-0.1, -0.05) is 29.4 Å². The Morgan fingerprint density at radius 3 is 2.56 bits per heavy atom. The van der Waals surface area contributed by atoms with E-state index in [1.807, 2.05) is 0 Å². The fourth-order valence-electron chi connectivity index (χ4n) is 5.23. The molecule has 2 N–H and O–H groups in total. The van der Waals surface area contributed by atoms with Gasteiger partial charge in [0, 0.05) is 42.7 Å². The van der Waals surface area contributed by atoms with Crippen molar-refractivity contribution < 1.29 is 38.0 Å². The van der Waals surface area contributed by atoms with Crippen molar-refractivity contribution in [2.45, 2.75) is 13.0 Å². The van der Waals surface area contributed by atoms with E-state index in [9.17, 15) is 28.8 Å². The van der Waals surface area contributed by atoms with E-state index in [0.717, 1.165) is 6.92 Å². The van der Waals surface area contributed by atoms with Crippen LogP contribution in [0, 0.1) is 0 Å². The Morgan fingerprint density at radius 2 is 1.77 bits per heavy atom. The number of rotatable bonds is 9. The van der Waals surface area contributed by atoms with E-state index in [4.69, 9.17) is 14.0 Å². The molecule has 14 heteroatoms. The van der Waals surface area contributed by atoms with E-state index < -0.39 is 29.4 Å². The van der Waals surface area contributed by atoms with E-state index in [1.165, 1.54) is 47.2 Å². The first-order valence-corrected chi connectivity index (χ1v) is 14.7. The number of esters is 1. The van der Waals surface area contributed by atoms with Crippen LogP contribution in [0.15, 0.2) is 94.4 Å². The molecule has 48 heavy (non-hydrogen) atoms. The number of amides is 3. The first-order valence-electron chi connectivity index (χ1n) is 14.7. The highest BCUT2D eigenvalue weighted by Gasteiger charge is 2.28. The molecule has 3 amide bonds. The fourth-order valence-corrected chi connectivity index (χ4v) is 5.23. The molecule has 0 saturated carbocycles. The van der Waals surface area contributed by atoms with Crippen molar-refractivity contribution >= 4 is 58.1 Å². The fraction of sp³-hybridized carbons (Fsp3) is 0.147. The lowest BCUT2D eigenvalue weighted by atomic mass is 10.1. The Balaban J connectivity index is 1.24. The maximum atomic E-state index is 13.7. The molecule has 0 aliphatic carbocycles. The lowest BCUT2D eigenvalue weighted by Gasteiger charge is -2.27. The average Bonchev–Trinajstić information content (AvgIpc) is 3.49. The van der Waals surface area contributed by atoms with Crippen LogP contribution in [-0.4, -0.2) is 59.5 Å². The van der Waals surface area contributed by atoms with Gasteiger partial charge in [0.05, 0.1) is 28.8 Å². The highest BCUT2D eigenvalue weighted by molar-refractivity contribution is 6.11. The monoisotopic (exact) mass is 649 g/mol. The number of fused-ring (bicyclic) bond motifs is 1. The van der Waals surface area contributed by atoms with Gasteiger partial charge in [0.15, 0.2) is 17.7 Å². The van der Waals surface area contributed by atoms with Crippen LogP contribution >= 0.6 is 0 Å². The number of aromatic nitrogens is 2. The van der Waals surface area contributed by atoms with Crippen LogP contribution in [0.3, 0.4) is 0 Å². The van der Waals surface area contributed by atoms with Crippen LogP contribution in [-0.2, 0) is 23.9 Å². The van der Waals surface area contributed by atoms with Crippen LogP contribution < -0.4 is 21.1 Å². The maximum absolute atomic E-state index is 13.7. The van der Waals surface area contributed by atoms with E-state index in [0.29, 0.717) is 36.2 Å². The number of nitrogens with zero attached hydrogens (tertiary/aromatic N) is 3. The number of ether oxygens (including phenoxy) is 2. The highest BCUT2D eigenvalue weighted by atomic mass is 16.5. The SMILES string of the molecule is CC(=O)OC(C(=O)Nc1ccc2c(NC(=O)c3ccccc3C=O)noc2c1)c1cccn(-c2cccc(N3CCOCC3=O)c2)c1=O. The summed E-state index contributed by atoms with van der Waals surface area (Å²) in [5.74, 6) is -2.29. The second kappa shape index (κ2) is 13.5. The van der Waals surface area contributed by atoms with Crippen LogP contribution in [0.25, 0.3) is 16.7 Å². The third-order valence-corrected chi connectivity index (χ3v) is 7.49. The zero-order chi connectivity index (χ0) is 33.8. The molecule has 2 aromatic heterocycles. The summed E-state index contributed by atoms with van der Waals surface area (Å²) in [6.45, 7) is 1.81. The molecule has 1 aliphatic rings. The summed E-state index contributed by atoms with van der Waals surface area (Å²) in [5, 5.41) is 9.57. The standard InChI is InChI=1S/C34H27N5O9/c1-20(41)47-30(27-10-5-13-39(34(27)45)24-8-4-7-23(17-24)38-14-15-46-19-29(38)42)33(44)35-22-11-12-26-28(16-22)48-37-31(26)36-32(43)25-9-3-2-6-21(25)18-40/h2-13,16-18,30H,14-15,19H2,1H3,(H,35,44)(H,36,37,43). The lowest BCUT2D eigenvalue weighted by molar-refractivity contribution is -0.152. The topological polar surface area (TPSA) is 179 Å². The summed E-state index contributed by atoms with van der Waals surface area (Å²) in [4.78, 5) is 77.4. The number of morpholine rings is 1. The minimum Gasteiger partial charge on any atom is -0.447 e. The van der Waals surface area contributed by atoms with Crippen LogP contribution in [0.1, 0.15) is 39.3 Å². The number of carbonyl (C=O) groups excluding carboxylic acids is 5. The molecule has 1 saturated heterocycles. The molecule has 0 bridgehead atoms. The number of anilines is 3. The summed E-state index contributed by atoms with van der Waals surface area (Å²) in [5.41, 5.74) is 1.06. The van der Waals surface area contributed by atoms with Gasteiger partial charge in [-0.05, 0) is 48.5 Å². The number of carbonyl (C=O) groups is 5. The summed E-state index contributed by atoms with van der Waals surface area (Å²) < 4.78 is 17.2. The molecule has 6 rings (SSSR count). The summed E-state index contributed by atoms with van der Waals surface area (Å²) >= 11 is 0. The molecule has 242 valence electrons. The quantitative estimate of drug-likeness (QED) is 0.177. The molecule has 0 spiro atoms. The number of nitrogens with one attached hydrogen (secondary N) is 2. The second-order valence-corrected chi connectivity index (χ2v) is 10.6. The third kappa shape index (κ3) is 6.45. The minimum atomic E-state index is -1.62. The number of hydrogen-bond acceptors (Lipinski definition) is 10. The largest absolute Gasteiger partial charge is 0.447 e. The van der Waals surface area contributed by atoms with E-state index in [-0.39, 0.29) is 46.3 Å². The minimum absolute atomic E-state index is 0.0442. The number of aldehydes is 1. The molecule has 1 unspecified atom stereocenters. The number of pyridine rings is 1. The second-order valence-electron chi connectivity index (χ2n) is 10.6. The van der Waals surface area contributed by atoms with Gasteiger partial charge in [-0.15, -0.1) is 0 Å². The average molecular weight is 650 g/mol. The first kappa shape index (κ1) is 31.6. The number of benzene rings is 3. The molecule has 1 fully saturated rings. The Morgan fingerprint density at radius 1 is 0.958 bits per heavy atom. The maximum Gasteiger partial charge on any atom is 0.303 e. The summed E-state index contributed by atoms with van der Waals surface area (Å²) in [6, 6.07) is 20.5. The summed E-state index contributed by atoms with van der Waals surface area (Å²) in [7, 11) is 0. The molecule has 3 heterocycles. The molecule has 1 aliphatic heterocycles. The predicted molar refractivity (Wildman–Crippen MR) is 172 cm³/mol. The zero-order valence-corrected chi connectivity index (χ0v) is 25.4. The molecule has 0 radical (unpaired) electrons. The van der Waals surface area contributed by atoms with Gasteiger partial charge in [-0.25, -0.2) is 0 Å². The van der Waals surface area contributed by atoms with Gasteiger partial charge in [-0.2, -0.15) is 0 Å². The van der Waals surface area contributed by atoms with Crippen molar-refractivity contribution in [2.24, 2.45) is 0 Å². The summed E-state index contributed by atoms with van der Waals surface area (Å²) in [6.07, 6.45) is 0.455. The Labute approximate surface area is 271 Å². The highest BCUT2D eigenvalue weighted by Crippen LogP contribution is 2.28. The predicted octanol–water partition coefficient (Wildman–Crippen LogP) is 3.65. The third-order valence-electron chi connectivity index (χ3n) is 7.49. The Bertz CT molecular complexity index is 2140. The van der Waals surface area contributed by atoms with Crippen molar-refractivity contribution in [1.29, 1.82) is 0 Å².